The highest BCUT2D eigenvalue weighted by atomic mass is 31.2. The van der Waals surface area contributed by atoms with E-state index in [1.807, 2.05) is 19.2 Å². The molecule has 2 aromatic carbocycles. The van der Waals surface area contributed by atoms with Crippen LogP contribution < -0.4 is 10.6 Å². The summed E-state index contributed by atoms with van der Waals surface area (Å²) in [4.78, 5) is 0. The Morgan fingerprint density at radius 2 is 1.24 bits per heavy atom. The first-order chi connectivity index (χ1) is 12.3. The molecule has 25 heavy (non-hydrogen) atoms. The summed E-state index contributed by atoms with van der Waals surface area (Å²) in [7, 11) is -0.752. The van der Waals surface area contributed by atoms with Crippen LogP contribution in [-0.2, 0) is 9.30 Å². The summed E-state index contributed by atoms with van der Waals surface area (Å²) in [6.07, 6.45) is 0. The van der Waals surface area contributed by atoms with Gasteiger partial charge in [0.15, 0.2) is 0 Å². The Bertz CT molecular complexity index is 853. The maximum absolute atomic E-state index is 14.8. The summed E-state index contributed by atoms with van der Waals surface area (Å²) >= 11 is 0. The molecule has 0 atom stereocenters. The highest BCUT2D eigenvalue weighted by molar-refractivity contribution is 7.80. The van der Waals surface area contributed by atoms with Gasteiger partial charge in [-0.05, 0) is 35.5 Å². The van der Waals surface area contributed by atoms with E-state index in [4.69, 9.17) is 4.74 Å². The van der Waals surface area contributed by atoms with Gasteiger partial charge in [-0.1, -0.05) is 60.7 Å². The lowest BCUT2D eigenvalue weighted by Crippen LogP contribution is -3.13. The Morgan fingerprint density at radius 1 is 0.800 bits per heavy atom. The van der Waals surface area contributed by atoms with Crippen LogP contribution in [0.5, 0.6) is 0 Å². The van der Waals surface area contributed by atoms with Gasteiger partial charge in [-0.25, -0.2) is 0 Å². The summed E-state index contributed by atoms with van der Waals surface area (Å²) in [5.74, 6) is 4.55. The van der Waals surface area contributed by atoms with Crippen molar-refractivity contribution < 1.29 is 9.30 Å². The van der Waals surface area contributed by atoms with Crippen molar-refractivity contribution in [1.82, 2.24) is 0 Å². The van der Waals surface area contributed by atoms with Crippen molar-refractivity contribution >= 4 is 17.8 Å². The number of ether oxygens (including phenoxy) is 1. The highest BCUT2D eigenvalue weighted by Gasteiger charge is 3.11. The van der Waals surface area contributed by atoms with Crippen molar-refractivity contribution in [3.05, 3.63) is 60.7 Å². The van der Waals surface area contributed by atoms with Crippen LogP contribution in [0, 0.1) is 40.9 Å². The van der Waals surface area contributed by atoms with Crippen molar-refractivity contribution in [1.29, 1.82) is 0 Å². The zero-order valence-corrected chi connectivity index (χ0v) is 15.1. The fourth-order valence-corrected chi connectivity index (χ4v) is 13.3. The fourth-order valence-electron chi connectivity index (χ4n) is 8.73. The quantitative estimate of drug-likeness (QED) is 0.776. The van der Waals surface area contributed by atoms with Gasteiger partial charge < -0.3 is 9.30 Å². The molecular formula is C22H21O2P. The molecule has 0 spiro atoms. The molecule has 0 bridgehead atoms. The monoisotopic (exact) mass is 348 g/mol. The predicted molar refractivity (Wildman–Crippen MR) is 97.7 cm³/mol. The van der Waals surface area contributed by atoms with E-state index in [1.54, 1.807) is 0 Å². The van der Waals surface area contributed by atoms with Gasteiger partial charge in [0.05, 0.1) is 6.61 Å². The minimum Gasteiger partial charge on any atom is -0.384 e. The normalized spacial score (nSPS) is 49.0. The van der Waals surface area contributed by atoms with Gasteiger partial charge in [0.2, 0.25) is 0 Å². The molecule has 126 valence electrons. The first-order valence-electron chi connectivity index (χ1n) is 9.46. The molecule has 0 N–H and O–H groups in total. The molecular weight excluding hydrogens is 327 g/mol. The molecule has 0 radical (unpaired) electrons. The Kier molecular flexibility index (Phi) is 2.11. The van der Waals surface area contributed by atoms with Crippen LogP contribution in [0.25, 0.3) is 0 Å². The number of hydrogen-bond donors (Lipinski definition) is 0. The largest absolute Gasteiger partial charge is 0.384 e. The second-order valence-corrected chi connectivity index (χ2v) is 11.9. The van der Waals surface area contributed by atoms with Crippen molar-refractivity contribution in [2.45, 2.75) is 5.16 Å². The topological polar surface area (TPSA) is 26.3 Å². The fraction of sp³-hybridized carbons (Fsp3) is 0.455. The van der Waals surface area contributed by atoms with E-state index in [2.05, 4.69) is 48.5 Å². The Morgan fingerprint density at radius 3 is 1.64 bits per heavy atom. The lowest BCUT2D eigenvalue weighted by molar-refractivity contribution is -0.602. The molecule has 0 aromatic heterocycles. The molecule has 6 saturated carbocycles. The van der Waals surface area contributed by atoms with Gasteiger partial charge in [0.25, 0.3) is 0 Å². The molecule has 0 aliphatic heterocycles. The van der Waals surface area contributed by atoms with E-state index in [1.165, 1.54) is 0 Å². The maximum Gasteiger partial charge on any atom is 0.149 e. The Labute approximate surface area is 148 Å². The molecule has 3 heteroatoms. The van der Waals surface area contributed by atoms with E-state index in [0.717, 1.165) is 35.0 Å². The third kappa shape index (κ3) is 0.970. The van der Waals surface area contributed by atoms with Gasteiger partial charge in [0, 0.05) is 28.3 Å². The molecule has 0 heterocycles. The average molecular weight is 348 g/mol. The van der Waals surface area contributed by atoms with Gasteiger partial charge in [0.1, 0.15) is 7.14 Å². The lowest BCUT2D eigenvalue weighted by Gasteiger charge is -3.11. The standard InChI is InChI=1S/C22H21O2P/c1-24-12-21-15-18-16(21)20-17(21)19(15)22(18,20)25(23,13-8-4-2-5-9-13)14-10-6-3-7-11-14/h2-11,15-20H,12H2,1H3. The van der Waals surface area contributed by atoms with E-state index in [9.17, 15) is 4.57 Å². The number of methoxy groups -OCH3 is 1. The summed E-state index contributed by atoms with van der Waals surface area (Å²) in [6.45, 7) is 0.938. The van der Waals surface area contributed by atoms with Gasteiger partial charge in [-0.3, -0.25) is 0 Å². The van der Waals surface area contributed by atoms with Crippen LogP contribution >= 0.6 is 7.14 Å². The van der Waals surface area contributed by atoms with Crippen LogP contribution in [0.2, 0.25) is 0 Å². The van der Waals surface area contributed by atoms with Crippen molar-refractivity contribution in [2.75, 3.05) is 13.7 Å². The van der Waals surface area contributed by atoms with Gasteiger partial charge >= 0.3 is 0 Å². The van der Waals surface area contributed by atoms with Gasteiger partial charge in [-0.15, -0.1) is 0 Å². The van der Waals surface area contributed by atoms with Crippen LogP contribution in [0.1, 0.15) is 0 Å². The van der Waals surface area contributed by atoms with E-state index >= 15 is 0 Å². The molecule has 6 fully saturated rings. The average Bonchev–Trinajstić information content (AvgIpc) is 2.69. The summed E-state index contributed by atoms with van der Waals surface area (Å²) < 4.78 is 20.4. The number of rotatable bonds is 5. The minimum atomic E-state index is -2.60. The summed E-state index contributed by atoms with van der Waals surface area (Å²) in [5.41, 5.74) is 0.509. The van der Waals surface area contributed by atoms with Crippen LogP contribution in [0.3, 0.4) is 0 Å². The Balaban J connectivity index is 1.40. The van der Waals surface area contributed by atoms with Crippen LogP contribution in [0.4, 0.5) is 0 Å². The predicted octanol–water partition coefficient (Wildman–Crippen LogP) is 3.14. The number of benzene rings is 2. The molecule has 6 aliphatic carbocycles. The zero-order chi connectivity index (χ0) is 16.6. The minimum absolute atomic E-state index is 0.102. The van der Waals surface area contributed by atoms with Crippen LogP contribution in [-0.4, -0.2) is 18.9 Å². The van der Waals surface area contributed by atoms with E-state index in [-0.39, 0.29) is 5.16 Å². The summed E-state index contributed by atoms with van der Waals surface area (Å²) in [6, 6.07) is 20.7. The molecule has 0 amide bonds. The lowest BCUT2D eigenvalue weighted by atomic mass is 8.96. The van der Waals surface area contributed by atoms with Crippen LogP contribution in [0.15, 0.2) is 60.7 Å². The third-order valence-electron chi connectivity index (χ3n) is 8.96. The third-order valence-corrected chi connectivity index (χ3v) is 13.0. The molecule has 2 nitrogen and oxygen atoms in total. The SMILES string of the molecule is COCC12C3C4C1C1C2C3C41P(=O)(c1ccccc1)c1ccccc1. The zero-order valence-electron chi connectivity index (χ0n) is 14.2. The summed E-state index contributed by atoms with van der Waals surface area (Å²) in [5, 5.41) is 2.26. The van der Waals surface area contributed by atoms with Crippen molar-refractivity contribution in [2.24, 2.45) is 40.9 Å². The van der Waals surface area contributed by atoms with Crippen molar-refractivity contribution in [3.8, 4) is 0 Å². The van der Waals surface area contributed by atoms with Gasteiger partial charge in [-0.2, -0.15) is 0 Å². The molecule has 0 unspecified atom stereocenters. The Hall–Kier alpha value is -1.37. The van der Waals surface area contributed by atoms with Crippen molar-refractivity contribution in [3.63, 3.8) is 0 Å². The van der Waals surface area contributed by atoms with E-state index < -0.39 is 7.14 Å². The smallest absolute Gasteiger partial charge is 0.149 e. The highest BCUT2D eigenvalue weighted by Crippen LogP contribution is 3.12. The molecule has 8 rings (SSSR count). The van der Waals surface area contributed by atoms with E-state index in [0.29, 0.717) is 23.2 Å². The molecule has 6 aliphatic rings. The molecule has 2 aromatic rings. The first kappa shape index (κ1) is 13.8. The second-order valence-electron chi connectivity index (χ2n) is 8.87. The molecule has 0 saturated heterocycles. The maximum atomic E-state index is 14.8. The second kappa shape index (κ2) is 3.82. The number of hydrogen-bond acceptors (Lipinski definition) is 2. The first-order valence-corrected chi connectivity index (χ1v) is 11.2.